The fourth-order valence-electron chi connectivity index (χ4n) is 3.58. The van der Waals surface area contributed by atoms with Crippen molar-refractivity contribution in [3.8, 4) is 11.5 Å². The van der Waals surface area contributed by atoms with E-state index in [1.807, 2.05) is 6.07 Å². The molecule has 0 saturated carbocycles. The summed E-state index contributed by atoms with van der Waals surface area (Å²) in [6, 6.07) is 11.5. The van der Waals surface area contributed by atoms with Crippen LogP contribution in [0.5, 0.6) is 11.5 Å². The van der Waals surface area contributed by atoms with E-state index in [0.717, 1.165) is 18.4 Å². The Hall–Kier alpha value is -3.35. The number of carbonyl (C=O) groups is 2. The first-order chi connectivity index (χ1) is 15.0. The lowest BCUT2D eigenvalue weighted by Crippen LogP contribution is -2.41. The average molecular weight is 426 g/mol. The van der Waals surface area contributed by atoms with E-state index in [-0.39, 0.29) is 23.3 Å². The second kappa shape index (κ2) is 10.6. The zero-order valence-corrected chi connectivity index (χ0v) is 17.8. The number of halogens is 1. The second-order valence-corrected chi connectivity index (χ2v) is 7.41. The van der Waals surface area contributed by atoms with Crippen LogP contribution in [0.4, 0.5) is 4.39 Å². The molecule has 7 heteroatoms. The van der Waals surface area contributed by atoms with E-state index in [0.29, 0.717) is 31.1 Å². The van der Waals surface area contributed by atoms with Crippen LogP contribution in [-0.4, -0.2) is 50.6 Å². The Labute approximate surface area is 181 Å². The quantitative estimate of drug-likeness (QED) is 0.688. The van der Waals surface area contributed by atoms with Crippen molar-refractivity contribution in [2.75, 3.05) is 33.9 Å². The molecule has 2 aromatic rings. The van der Waals surface area contributed by atoms with Gasteiger partial charge >= 0.3 is 0 Å². The summed E-state index contributed by atoms with van der Waals surface area (Å²) < 4.78 is 24.3. The number of carbonyl (C=O) groups excluding carboxylic acids is 2. The maximum absolute atomic E-state index is 13.8. The number of likely N-dealkylation sites (tertiary alicyclic amines) is 1. The van der Waals surface area contributed by atoms with Crippen molar-refractivity contribution in [3.63, 3.8) is 0 Å². The molecule has 0 atom stereocenters. The molecule has 0 aromatic heterocycles. The topological polar surface area (TPSA) is 67.9 Å². The third kappa shape index (κ3) is 5.84. The van der Waals surface area contributed by atoms with Gasteiger partial charge in [-0.1, -0.05) is 18.2 Å². The normalized spacial score (nSPS) is 14.5. The minimum absolute atomic E-state index is 0.106. The summed E-state index contributed by atoms with van der Waals surface area (Å²) in [5, 5.41) is 2.91. The minimum atomic E-state index is -0.497. The molecular weight excluding hydrogens is 399 g/mol. The van der Waals surface area contributed by atoms with Gasteiger partial charge < -0.3 is 19.7 Å². The number of nitrogens with zero attached hydrogens (tertiary/aromatic N) is 1. The summed E-state index contributed by atoms with van der Waals surface area (Å²) in [5.41, 5.74) is 0.933. The number of hydrogen-bond acceptors (Lipinski definition) is 4. The number of piperidine rings is 1. The monoisotopic (exact) mass is 426 g/mol. The molecule has 1 heterocycles. The van der Waals surface area contributed by atoms with Crippen LogP contribution in [-0.2, 0) is 4.79 Å². The van der Waals surface area contributed by atoms with E-state index in [1.54, 1.807) is 49.5 Å². The Morgan fingerprint density at radius 3 is 2.48 bits per heavy atom. The van der Waals surface area contributed by atoms with Gasteiger partial charge in [-0.2, -0.15) is 0 Å². The van der Waals surface area contributed by atoms with Crippen molar-refractivity contribution in [2.45, 2.75) is 12.8 Å². The highest BCUT2D eigenvalue weighted by Crippen LogP contribution is 2.28. The van der Waals surface area contributed by atoms with Crippen molar-refractivity contribution in [3.05, 3.63) is 65.5 Å². The molecule has 0 bridgehead atoms. The van der Waals surface area contributed by atoms with Crippen LogP contribution in [0.1, 0.15) is 28.8 Å². The third-order valence-corrected chi connectivity index (χ3v) is 5.41. The van der Waals surface area contributed by atoms with Gasteiger partial charge in [0.2, 0.25) is 5.91 Å². The molecule has 0 aliphatic carbocycles. The van der Waals surface area contributed by atoms with Crippen LogP contribution in [0.15, 0.2) is 48.5 Å². The zero-order valence-electron chi connectivity index (χ0n) is 17.8. The largest absolute Gasteiger partial charge is 0.493 e. The molecule has 0 unspecified atom stereocenters. The Morgan fingerprint density at radius 1 is 1.10 bits per heavy atom. The number of benzene rings is 2. The van der Waals surface area contributed by atoms with Crippen LogP contribution >= 0.6 is 0 Å². The van der Waals surface area contributed by atoms with Crippen LogP contribution in [0.3, 0.4) is 0 Å². The van der Waals surface area contributed by atoms with Gasteiger partial charge in [-0.3, -0.25) is 9.59 Å². The molecule has 1 aliphatic heterocycles. The molecular formula is C24H27FN2O4. The molecule has 0 radical (unpaired) electrons. The van der Waals surface area contributed by atoms with Gasteiger partial charge in [0.25, 0.3) is 5.91 Å². The van der Waals surface area contributed by atoms with E-state index in [1.165, 1.54) is 18.2 Å². The molecule has 0 spiro atoms. The number of methoxy groups -OCH3 is 2. The molecule has 31 heavy (non-hydrogen) atoms. The van der Waals surface area contributed by atoms with Gasteiger partial charge in [-0.15, -0.1) is 0 Å². The zero-order chi connectivity index (χ0) is 22.2. The van der Waals surface area contributed by atoms with Crippen molar-refractivity contribution in [1.82, 2.24) is 10.2 Å². The van der Waals surface area contributed by atoms with Crippen molar-refractivity contribution in [2.24, 2.45) is 5.92 Å². The van der Waals surface area contributed by atoms with Gasteiger partial charge in [-0.25, -0.2) is 4.39 Å². The Kier molecular flexibility index (Phi) is 7.65. The maximum Gasteiger partial charge on any atom is 0.256 e. The van der Waals surface area contributed by atoms with E-state index >= 15 is 0 Å². The molecule has 1 N–H and O–H groups in total. The van der Waals surface area contributed by atoms with Crippen molar-refractivity contribution in [1.29, 1.82) is 0 Å². The SMILES string of the molecule is COc1ccc(/C=C/C(=O)NCC2CCN(C(=O)c3ccccc3F)CC2)cc1OC. The molecule has 1 aliphatic rings. The van der Waals surface area contributed by atoms with Crippen LogP contribution in [0.2, 0.25) is 0 Å². The molecule has 164 valence electrons. The summed E-state index contributed by atoms with van der Waals surface area (Å²) in [4.78, 5) is 26.3. The first-order valence-electron chi connectivity index (χ1n) is 10.2. The maximum atomic E-state index is 13.8. The van der Waals surface area contributed by atoms with E-state index in [4.69, 9.17) is 9.47 Å². The second-order valence-electron chi connectivity index (χ2n) is 7.41. The summed E-state index contributed by atoms with van der Waals surface area (Å²) in [6.45, 7) is 1.64. The number of ether oxygens (including phenoxy) is 2. The highest BCUT2D eigenvalue weighted by Gasteiger charge is 2.25. The van der Waals surface area contributed by atoms with E-state index in [9.17, 15) is 14.0 Å². The Morgan fingerprint density at radius 2 is 1.81 bits per heavy atom. The molecule has 2 aromatic carbocycles. The van der Waals surface area contributed by atoms with Crippen molar-refractivity contribution >= 4 is 17.9 Å². The van der Waals surface area contributed by atoms with Crippen LogP contribution < -0.4 is 14.8 Å². The first kappa shape index (κ1) is 22.3. The molecule has 3 rings (SSSR count). The molecule has 6 nitrogen and oxygen atoms in total. The molecule has 1 saturated heterocycles. The number of rotatable bonds is 7. The van der Waals surface area contributed by atoms with Gasteiger partial charge in [0.1, 0.15) is 5.82 Å². The fourth-order valence-corrected chi connectivity index (χ4v) is 3.58. The number of amides is 2. The van der Waals surface area contributed by atoms with Gasteiger partial charge in [0, 0.05) is 25.7 Å². The van der Waals surface area contributed by atoms with E-state index in [2.05, 4.69) is 5.32 Å². The predicted molar refractivity (Wildman–Crippen MR) is 117 cm³/mol. The lowest BCUT2D eigenvalue weighted by atomic mass is 9.96. The highest BCUT2D eigenvalue weighted by molar-refractivity contribution is 5.94. The van der Waals surface area contributed by atoms with Gasteiger partial charge in [0.15, 0.2) is 11.5 Å². The van der Waals surface area contributed by atoms with E-state index < -0.39 is 5.82 Å². The first-order valence-corrected chi connectivity index (χ1v) is 10.2. The predicted octanol–water partition coefficient (Wildman–Crippen LogP) is 3.52. The highest BCUT2D eigenvalue weighted by atomic mass is 19.1. The van der Waals surface area contributed by atoms with Crippen LogP contribution in [0.25, 0.3) is 6.08 Å². The lowest BCUT2D eigenvalue weighted by Gasteiger charge is -2.32. The summed E-state index contributed by atoms with van der Waals surface area (Å²) >= 11 is 0. The number of nitrogens with one attached hydrogen (secondary N) is 1. The van der Waals surface area contributed by atoms with Crippen LogP contribution in [0, 0.1) is 11.7 Å². The third-order valence-electron chi connectivity index (χ3n) is 5.41. The Bertz CT molecular complexity index is 952. The summed E-state index contributed by atoms with van der Waals surface area (Å²) in [7, 11) is 3.13. The fraction of sp³-hybridized carbons (Fsp3) is 0.333. The lowest BCUT2D eigenvalue weighted by molar-refractivity contribution is -0.116. The average Bonchev–Trinajstić information content (AvgIpc) is 2.81. The minimum Gasteiger partial charge on any atom is -0.493 e. The molecule has 1 fully saturated rings. The van der Waals surface area contributed by atoms with Crippen molar-refractivity contribution < 1.29 is 23.5 Å². The standard InChI is InChI=1S/C24H27FN2O4/c1-30-21-9-7-17(15-22(21)31-2)8-10-23(28)26-16-18-11-13-27(14-12-18)24(29)19-5-3-4-6-20(19)25/h3-10,15,18H,11-14,16H2,1-2H3,(H,26,28)/b10-8+. The Balaban J connectivity index is 1.45. The van der Waals surface area contributed by atoms with Gasteiger partial charge in [0.05, 0.1) is 19.8 Å². The summed E-state index contributed by atoms with van der Waals surface area (Å²) in [5.74, 6) is 0.551. The summed E-state index contributed by atoms with van der Waals surface area (Å²) in [6.07, 6.45) is 4.73. The smallest absolute Gasteiger partial charge is 0.256 e. The molecule has 2 amide bonds. The number of hydrogen-bond donors (Lipinski definition) is 1. The van der Waals surface area contributed by atoms with Gasteiger partial charge in [-0.05, 0) is 54.7 Å².